The van der Waals surface area contributed by atoms with Crippen LogP contribution in [0.4, 0.5) is 0 Å². The third-order valence-electron chi connectivity index (χ3n) is 2.87. The van der Waals surface area contributed by atoms with Gasteiger partial charge in [0.25, 0.3) is 0 Å². The molecule has 1 aliphatic heterocycles. The Kier molecular flexibility index (Phi) is 3.41. The van der Waals surface area contributed by atoms with Gasteiger partial charge in [0.1, 0.15) is 10.4 Å². The van der Waals surface area contributed by atoms with Gasteiger partial charge < -0.3 is 9.47 Å². The van der Waals surface area contributed by atoms with Crippen LogP contribution >= 0.6 is 11.3 Å². The molecule has 6 heteroatoms. The molecule has 90 valence electrons. The maximum atomic E-state index is 11.3. The lowest BCUT2D eigenvalue weighted by molar-refractivity contribution is 0.0592. The highest BCUT2D eigenvalue weighted by molar-refractivity contribution is 7.10. The normalized spacial score (nSPS) is 18.4. The van der Waals surface area contributed by atoms with Crippen molar-refractivity contribution in [2.24, 2.45) is 0 Å². The summed E-state index contributed by atoms with van der Waals surface area (Å²) in [6.45, 7) is 1.11. The maximum absolute atomic E-state index is 11.3. The number of hydrogen-bond acceptors (Lipinski definition) is 6. The monoisotopic (exact) mass is 252 g/mol. The van der Waals surface area contributed by atoms with Crippen molar-refractivity contribution in [3.05, 3.63) is 16.1 Å². The van der Waals surface area contributed by atoms with Crippen LogP contribution in [0, 0.1) is 11.3 Å². The summed E-state index contributed by atoms with van der Waals surface area (Å²) in [5, 5.41) is 11.7. The van der Waals surface area contributed by atoms with E-state index in [4.69, 9.17) is 4.74 Å². The summed E-state index contributed by atoms with van der Waals surface area (Å²) in [4.78, 5) is 15.5. The highest BCUT2D eigenvalue weighted by atomic mass is 32.1. The lowest BCUT2D eigenvalue weighted by atomic mass is 9.82. The number of thiazole rings is 1. The van der Waals surface area contributed by atoms with Gasteiger partial charge in [-0.25, -0.2) is 9.78 Å². The van der Waals surface area contributed by atoms with E-state index in [0.717, 1.165) is 0 Å². The Labute approximate surface area is 103 Å². The van der Waals surface area contributed by atoms with Gasteiger partial charge in [0, 0.05) is 18.6 Å². The second-order valence-corrected chi connectivity index (χ2v) is 4.69. The molecule has 1 saturated heterocycles. The van der Waals surface area contributed by atoms with Gasteiger partial charge in [0.2, 0.25) is 0 Å². The van der Waals surface area contributed by atoms with Crippen LogP contribution in [0.3, 0.4) is 0 Å². The van der Waals surface area contributed by atoms with Crippen LogP contribution in [0.1, 0.15) is 28.3 Å². The lowest BCUT2D eigenvalue weighted by Gasteiger charge is -2.28. The molecular weight excluding hydrogens is 240 g/mol. The molecule has 0 N–H and O–H groups in total. The second kappa shape index (κ2) is 4.82. The Morgan fingerprint density at radius 3 is 2.94 bits per heavy atom. The Morgan fingerprint density at radius 1 is 1.65 bits per heavy atom. The van der Waals surface area contributed by atoms with E-state index in [0.29, 0.717) is 31.1 Å². The number of carbonyl (C=O) groups excluding carboxylic acids is 1. The SMILES string of the molecule is COC(=O)c1csc(C2(C#N)CCOCC2)n1. The van der Waals surface area contributed by atoms with E-state index in [1.54, 1.807) is 5.38 Å². The van der Waals surface area contributed by atoms with Gasteiger partial charge in [0.05, 0.1) is 13.2 Å². The molecule has 0 saturated carbocycles. The van der Waals surface area contributed by atoms with Crippen molar-refractivity contribution in [2.75, 3.05) is 20.3 Å². The van der Waals surface area contributed by atoms with Gasteiger partial charge in [-0.3, -0.25) is 0 Å². The van der Waals surface area contributed by atoms with E-state index in [-0.39, 0.29) is 5.69 Å². The number of nitriles is 1. The first kappa shape index (κ1) is 12.0. The third kappa shape index (κ3) is 2.16. The van der Waals surface area contributed by atoms with Gasteiger partial charge >= 0.3 is 5.97 Å². The van der Waals surface area contributed by atoms with Crippen LogP contribution in [-0.2, 0) is 14.9 Å². The largest absolute Gasteiger partial charge is 0.464 e. The molecule has 0 atom stereocenters. The molecule has 5 nitrogen and oxygen atoms in total. The molecule has 0 amide bonds. The summed E-state index contributed by atoms with van der Waals surface area (Å²) in [6.07, 6.45) is 1.25. The number of nitrogens with zero attached hydrogens (tertiary/aromatic N) is 2. The predicted molar refractivity (Wildman–Crippen MR) is 60.8 cm³/mol. The van der Waals surface area contributed by atoms with Crippen LogP contribution in [0.25, 0.3) is 0 Å². The van der Waals surface area contributed by atoms with Crippen LogP contribution in [0.15, 0.2) is 5.38 Å². The summed E-state index contributed by atoms with van der Waals surface area (Å²) in [5.41, 5.74) is -0.330. The third-order valence-corrected chi connectivity index (χ3v) is 3.91. The van der Waals surface area contributed by atoms with E-state index in [2.05, 4.69) is 15.8 Å². The molecule has 2 heterocycles. The predicted octanol–water partition coefficient (Wildman–Crippen LogP) is 1.50. The molecule has 1 aromatic rings. The van der Waals surface area contributed by atoms with Crippen LogP contribution in [0.2, 0.25) is 0 Å². The van der Waals surface area contributed by atoms with Crippen molar-refractivity contribution < 1.29 is 14.3 Å². The zero-order valence-electron chi connectivity index (χ0n) is 9.43. The first-order chi connectivity index (χ1) is 8.22. The highest BCUT2D eigenvalue weighted by Crippen LogP contribution is 2.35. The molecule has 0 radical (unpaired) electrons. The Balaban J connectivity index is 2.29. The summed E-state index contributed by atoms with van der Waals surface area (Å²) >= 11 is 1.33. The van der Waals surface area contributed by atoms with Crippen molar-refractivity contribution in [3.63, 3.8) is 0 Å². The minimum atomic E-state index is -0.602. The molecule has 0 aliphatic carbocycles. The van der Waals surface area contributed by atoms with Crippen molar-refractivity contribution >= 4 is 17.3 Å². The van der Waals surface area contributed by atoms with Gasteiger partial charge in [0.15, 0.2) is 5.69 Å². The number of rotatable bonds is 2. The average Bonchev–Trinajstić information content (AvgIpc) is 2.88. The molecule has 1 aromatic heterocycles. The molecule has 0 aromatic carbocycles. The number of carbonyl (C=O) groups is 1. The van der Waals surface area contributed by atoms with Gasteiger partial charge in [-0.05, 0) is 12.8 Å². The van der Waals surface area contributed by atoms with E-state index >= 15 is 0 Å². The fourth-order valence-electron chi connectivity index (χ4n) is 1.79. The zero-order chi connectivity index (χ0) is 12.3. The van der Waals surface area contributed by atoms with E-state index in [1.165, 1.54) is 18.4 Å². The Hall–Kier alpha value is -1.45. The smallest absolute Gasteiger partial charge is 0.357 e. The van der Waals surface area contributed by atoms with Crippen LogP contribution < -0.4 is 0 Å². The lowest BCUT2D eigenvalue weighted by Crippen LogP contribution is -2.32. The molecule has 0 bridgehead atoms. The first-order valence-electron chi connectivity index (χ1n) is 5.25. The minimum Gasteiger partial charge on any atom is -0.464 e. The number of ether oxygens (including phenoxy) is 2. The Bertz CT molecular complexity index is 458. The van der Waals surface area contributed by atoms with Gasteiger partial charge in [-0.1, -0.05) is 0 Å². The Morgan fingerprint density at radius 2 is 2.35 bits per heavy atom. The van der Waals surface area contributed by atoms with Crippen LogP contribution in [-0.4, -0.2) is 31.3 Å². The summed E-state index contributed by atoms with van der Waals surface area (Å²) in [7, 11) is 1.32. The second-order valence-electron chi connectivity index (χ2n) is 3.84. The van der Waals surface area contributed by atoms with Crippen LogP contribution in [0.5, 0.6) is 0 Å². The standard InChI is InChI=1S/C11H12N2O3S/c1-15-9(14)8-6-17-10(13-8)11(7-12)2-4-16-5-3-11/h6H,2-5H2,1H3. The molecule has 1 aliphatic rings. The van der Waals surface area contributed by atoms with E-state index in [1.807, 2.05) is 0 Å². The van der Waals surface area contributed by atoms with Gasteiger partial charge in [-0.2, -0.15) is 5.26 Å². The number of methoxy groups -OCH3 is 1. The maximum Gasteiger partial charge on any atom is 0.357 e. The molecular formula is C11H12N2O3S. The van der Waals surface area contributed by atoms with E-state index < -0.39 is 11.4 Å². The zero-order valence-corrected chi connectivity index (χ0v) is 10.2. The van der Waals surface area contributed by atoms with Crippen molar-refractivity contribution in [1.82, 2.24) is 4.98 Å². The molecule has 17 heavy (non-hydrogen) atoms. The molecule has 0 unspecified atom stereocenters. The van der Waals surface area contributed by atoms with Crippen molar-refractivity contribution in [3.8, 4) is 6.07 Å². The highest BCUT2D eigenvalue weighted by Gasteiger charge is 2.38. The van der Waals surface area contributed by atoms with Gasteiger partial charge in [-0.15, -0.1) is 11.3 Å². The molecule has 0 spiro atoms. The molecule has 2 rings (SSSR count). The molecule has 1 fully saturated rings. The summed E-state index contributed by atoms with van der Waals surface area (Å²) in [5.74, 6) is -0.465. The van der Waals surface area contributed by atoms with Crippen molar-refractivity contribution in [2.45, 2.75) is 18.3 Å². The minimum absolute atomic E-state index is 0.272. The number of hydrogen-bond donors (Lipinski definition) is 0. The van der Waals surface area contributed by atoms with Crippen molar-refractivity contribution in [1.29, 1.82) is 5.26 Å². The fraction of sp³-hybridized carbons (Fsp3) is 0.545. The van der Waals surface area contributed by atoms with E-state index in [9.17, 15) is 10.1 Å². The summed E-state index contributed by atoms with van der Waals surface area (Å²) < 4.78 is 9.86. The quantitative estimate of drug-likeness (QED) is 0.746. The average molecular weight is 252 g/mol. The first-order valence-corrected chi connectivity index (χ1v) is 6.13. The fourth-order valence-corrected chi connectivity index (χ4v) is 2.78. The number of esters is 1. The summed E-state index contributed by atoms with van der Waals surface area (Å²) in [6, 6.07) is 2.32. The number of aromatic nitrogens is 1. The topological polar surface area (TPSA) is 72.2 Å².